The van der Waals surface area contributed by atoms with Crippen molar-refractivity contribution >= 4 is 29.4 Å². The first-order valence-electron chi connectivity index (χ1n) is 5.57. The molecule has 0 fully saturated rings. The molecule has 2 rings (SSSR count). The molecule has 0 heterocycles. The number of ketones is 1. The van der Waals surface area contributed by atoms with Crippen molar-refractivity contribution in [3.8, 4) is 0 Å². The highest BCUT2D eigenvalue weighted by molar-refractivity contribution is 6.37. The van der Waals surface area contributed by atoms with E-state index >= 15 is 0 Å². The summed E-state index contributed by atoms with van der Waals surface area (Å²) < 4.78 is 0. The van der Waals surface area contributed by atoms with Gasteiger partial charge in [-0.1, -0.05) is 23.7 Å². The average Bonchev–Trinajstić information content (AvgIpc) is 2.47. The minimum atomic E-state index is -0.547. The minimum absolute atomic E-state index is 0.0749. The molecule has 0 N–H and O–H groups in total. The monoisotopic (exact) mass is 289 g/mol. The van der Waals surface area contributed by atoms with Crippen LogP contribution in [0, 0.1) is 10.1 Å². The van der Waals surface area contributed by atoms with E-state index in [0.29, 0.717) is 6.29 Å². The van der Waals surface area contributed by atoms with Gasteiger partial charge in [-0.25, -0.2) is 0 Å². The van der Waals surface area contributed by atoms with Crippen molar-refractivity contribution in [2.75, 3.05) is 0 Å². The molecule has 2 aromatic carbocycles. The van der Waals surface area contributed by atoms with E-state index in [1.54, 1.807) is 6.07 Å². The quantitative estimate of drug-likeness (QED) is 0.374. The average molecular weight is 290 g/mol. The number of rotatable bonds is 4. The number of hydrogen-bond donors (Lipinski definition) is 0. The molecule has 20 heavy (non-hydrogen) atoms. The Morgan fingerprint density at radius 2 is 1.80 bits per heavy atom. The number of aldehydes is 1. The van der Waals surface area contributed by atoms with Gasteiger partial charge < -0.3 is 0 Å². The molecule has 5 nitrogen and oxygen atoms in total. The van der Waals surface area contributed by atoms with E-state index in [0.717, 1.165) is 0 Å². The van der Waals surface area contributed by atoms with Crippen LogP contribution < -0.4 is 0 Å². The Balaban J connectivity index is 2.41. The van der Waals surface area contributed by atoms with Crippen molar-refractivity contribution in [2.45, 2.75) is 0 Å². The van der Waals surface area contributed by atoms with Gasteiger partial charge in [-0.2, -0.15) is 0 Å². The van der Waals surface area contributed by atoms with Crippen LogP contribution in [0.1, 0.15) is 26.3 Å². The fourth-order valence-electron chi connectivity index (χ4n) is 1.71. The van der Waals surface area contributed by atoms with E-state index in [-0.39, 0.29) is 27.4 Å². The maximum Gasteiger partial charge on any atom is 0.269 e. The molecule has 0 aliphatic carbocycles. The summed E-state index contributed by atoms with van der Waals surface area (Å²) in [6.07, 6.45) is 0.564. The van der Waals surface area contributed by atoms with Crippen LogP contribution in [0.25, 0.3) is 0 Å². The summed E-state index contributed by atoms with van der Waals surface area (Å²) in [6.45, 7) is 0. The fraction of sp³-hybridized carbons (Fsp3) is 0. The van der Waals surface area contributed by atoms with Gasteiger partial charge in [0, 0.05) is 28.8 Å². The van der Waals surface area contributed by atoms with Crippen molar-refractivity contribution < 1.29 is 14.5 Å². The van der Waals surface area contributed by atoms with Gasteiger partial charge >= 0.3 is 0 Å². The molecule has 0 atom stereocenters. The van der Waals surface area contributed by atoms with Crippen molar-refractivity contribution in [1.29, 1.82) is 0 Å². The Labute approximate surface area is 118 Å². The van der Waals surface area contributed by atoms with E-state index < -0.39 is 10.7 Å². The van der Waals surface area contributed by atoms with E-state index in [4.69, 9.17) is 11.6 Å². The molecule has 0 unspecified atom stereocenters. The molecular formula is C14H8ClNO4. The molecule has 0 aliphatic rings. The Hall–Kier alpha value is -2.53. The summed E-state index contributed by atoms with van der Waals surface area (Å²) in [4.78, 5) is 33.0. The van der Waals surface area contributed by atoms with Crippen LogP contribution in [0.2, 0.25) is 5.02 Å². The lowest BCUT2D eigenvalue weighted by atomic mass is 10.0. The van der Waals surface area contributed by atoms with Gasteiger partial charge in [0.1, 0.15) is 0 Å². The fourth-order valence-corrected chi connectivity index (χ4v) is 1.96. The maximum atomic E-state index is 12.2. The molecule has 2 aromatic rings. The molecule has 100 valence electrons. The van der Waals surface area contributed by atoms with Gasteiger partial charge in [-0.3, -0.25) is 19.7 Å². The molecule has 6 heteroatoms. The second-order valence-corrected chi connectivity index (χ2v) is 4.34. The highest BCUT2D eigenvalue weighted by Gasteiger charge is 2.16. The van der Waals surface area contributed by atoms with Crippen LogP contribution in [-0.2, 0) is 0 Å². The molecular weight excluding hydrogens is 282 g/mol. The molecule has 0 spiro atoms. The first-order valence-corrected chi connectivity index (χ1v) is 5.95. The van der Waals surface area contributed by atoms with Gasteiger partial charge in [0.05, 0.1) is 9.95 Å². The van der Waals surface area contributed by atoms with Crippen molar-refractivity contribution in [2.24, 2.45) is 0 Å². The van der Waals surface area contributed by atoms with E-state index in [9.17, 15) is 19.7 Å². The zero-order chi connectivity index (χ0) is 14.7. The number of non-ortho nitro benzene ring substituents is 1. The van der Waals surface area contributed by atoms with E-state index in [1.807, 2.05) is 0 Å². The number of nitro benzene ring substituents is 1. The third-order valence-electron chi connectivity index (χ3n) is 2.74. The summed E-state index contributed by atoms with van der Waals surface area (Å²) in [6, 6.07) is 9.74. The highest BCUT2D eigenvalue weighted by Crippen LogP contribution is 2.23. The summed E-state index contributed by atoms with van der Waals surface area (Å²) in [5.74, 6) is -0.395. The van der Waals surface area contributed by atoms with Crippen LogP contribution in [0.15, 0.2) is 42.5 Å². The Kier molecular flexibility index (Phi) is 3.91. The third kappa shape index (κ3) is 2.57. The zero-order valence-corrected chi connectivity index (χ0v) is 10.8. The molecule has 0 bridgehead atoms. The number of carbonyl (C=O) groups is 2. The highest BCUT2D eigenvalue weighted by atomic mass is 35.5. The van der Waals surface area contributed by atoms with E-state index in [1.165, 1.54) is 36.4 Å². The van der Waals surface area contributed by atoms with Crippen molar-refractivity contribution in [3.63, 3.8) is 0 Å². The van der Waals surface area contributed by atoms with Gasteiger partial charge in [-0.05, 0) is 18.2 Å². The number of nitro groups is 1. The third-order valence-corrected chi connectivity index (χ3v) is 3.16. The van der Waals surface area contributed by atoms with Gasteiger partial charge in [0.25, 0.3) is 5.69 Å². The summed E-state index contributed by atoms with van der Waals surface area (Å²) in [7, 11) is 0. The Morgan fingerprint density at radius 3 is 2.35 bits per heavy atom. The summed E-state index contributed by atoms with van der Waals surface area (Å²) in [5.41, 5.74) is 0.569. The molecule has 0 saturated carbocycles. The number of nitrogens with zero attached hydrogens (tertiary/aromatic N) is 1. The summed E-state index contributed by atoms with van der Waals surface area (Å²) in [5, 5.41) is 10.6. The molecule has 0 aliphatic heterocycles. The first-order chi connectivity index (χ1) is 9.54. The smallest absolute Gasteiger partial charge is 0.269 e. The van der Waals surface area contributed by atoms with Gasteiger partial charge in [0.15, 0.2) is 12.1 Å². The van der Waals surface area contributed by atoms with Gasteiger partial charge in [0.2, 0.25) is 0 Å². The van der Waals surface area contributed by atoms with Crippen LogP contribution in [0.5, 0.6) is 0 Å². The normalized spacial score (nSPS) is 10.1. The molecule has 0 radical (unpaired) electrons. The molecule has 0 saturated heterocycles. The van der Waals surface area contributed by atoms with Crippen molar-refractivity contribution in [3.05, 3.63) is 74.3 Å². The number of carbonyl (C=O) groups excluding carboxylic acids is 2. The maximum absolute atomic E-state index is 12.2. The standard InChI is InChI=1S/C14H8ClNO4/c15-13-10(8-17)2-1-3-12(13)14(18)9-4-6-11(7-5-9)16(19)20/h1-8H. The second-order valence-electron chi connectivity index (χ2n) is 3.96. The Morgan fingerprint density at radius 1 is 1.15 bits per heavy atom. The van der Waals surface area contributed by atoms with Crippen LogP contribution in [0.4, 0.5) is 5.69 Å². The topological polar surface area (TPSA) is 77.3 Å². The molecule has 0 aromatic heterocycles. The Bertz CT molecular complexity index is 695. The van der Waals surface area contributed by atoms with Crippen molar-refractivity contribution in [1.82, 2.24) is 0 Å². The SMILES string of the molecule is O=Cc1cccc(C(=O)c2ccc([N+](=O)[O-])cc2)c1Cl. The van der Waals surface area contributed by atoms with Crippen LogP contribution in [-0.4, -0.2) is 17.0 Å². The number of hydrogen-bond acceptors (Lipinski definition) is 4. The minimum Gasteiger partial charge on any atom is -0.298 e. The van der Waals surface area contributed by atoms with Crippen LogP contribution >= 0.6 is 11.6 Å². The summed E-state index contributed by atoms with van der Waals surface area (Å²) >= 11 is 5.98. The van der Waals surface area contributed by atoms with Gasteiger partial charge in [-0.15, -0.1) is 0 Å². The predicted octanol–water partition coefficient (Wildman–Crippen LogP) is 3.29. The predicted molar refractivity (Wildman–Crippen MR) is 73.4 cm³/mol. The molecule has 0 amide bonds. The lowest BCUT2D eigenvalue weighted by Crippen LogP contribution is -2.03. The van der Waals surface area contributed by atoms with E-state index in [2.05, 4.69) is 0 Å². The largest absolute Gasteiger partial charge is 0.298 e. The number of benzene rings is 2. The lowest BCUT2D eigenvalue weighted by molar-refractivity contribution is -0.384. The lowest BCUT2D eigenvalue weighted by Gasteiger charge is -2.05. The first kappa shape index (κ1) is 13.9. The number of halogens is 1. The zero-order valence-electron chi connectivity index (χ0n) is 10.1. The second kappa shape index (κ2) is 5.63. The van der Waals surface area contributed by atoms with Crippen LogP contribution in [0.3, 0.4) is 0 Å².